The van der Waals surface area contributed by atoms with Crippen LogP contribution < -0.4 is 5.32 Å². The van der Waals surface area contributed by atoms with Gasteiger partial charge in [0.05, 0.1) is 0 Å². The lowest BCUT2D eigenvalue weighted by molar-refractivity contribution is 0.413. The lowest BCUT2D eigenvalue weighted by atomic mass is 9.90. The van der Waals surface area contributed by atoms with E-state index in [1.807, 2.05) is 6.08 Å². The number of hydrogen-bond donors (Lipinski definition) is 1. The Morgan fingerprint density at radius 2 is 1.75 bits per heavy atom. The first-order chi connectivity index (χ1) is 13.6. The molecular weight excluding hydrogens is 338 g/mol. The summed E-state index contributed by atoms with van der Waals surface area (Å²) in [5, 5.41) is 3.91. The smallest absolute Gasteiger partial charge is 0.0145 e. The van der Waals surface area contributed by atoms with Crippen LogP contribution in [0.25, 0.3) is 0 Å². The molecule has 0 saturated heterocycles. The molecule has 0 amide bonds. The summed E-state index contributed by atoms with van der Waals surface area (Å²) in [6.45, 7) is 17.2. The standard InChI is InChI=1S/C27H42N/c1-7-14-23(10-4)19-20-25(22(6)24(11-5)15-8-2)21-27-18-13-12-17-26(28-27)16-9-3/h7,11-14,19-20,26-28H,1,6,8-10,15-18,21H2,2-5H3/b14-7-,23-19-,24-11+,25-20-. The van der Waals surface area contributed by atoms with E-state index >= 15 is 0 Å². The van der Waals surface area contributed by atoms with Crippen LogP contribution in [-0.2, 0) is 0 Å². The summed E-state index contributed by atoms with van der Waals surface area (Å²) in [6.07, 6.45) is 24.4. The average molecular weight is 381 g/mol. The Hall–Kier alpha value is -1.60. The van der Waals surface area contributed by atoms with Crippen molar-refractivity contribution < 1.29 is 0 Å². The average Bonchev–Trinajstić information content (AvgIpc) is 2.92. The van der Waals surface area contributed by atoms with Gasteiger partial charge < -0.3 is 5.32 Å². The zero-order chi connectivity index (χ0) is 20.8. The molecule has 0 fully saturated rings. The molecule has 1 rings (SSSR count). The minimum absolute atomic E-state index is 0.472. The Labute approximate surface area is 175 Å². The maximum Gasteiger partial charge on any atom is 0.0145 e. The molecule has 0 aliphatic carbocycles. The first-order valence-corrected chi connectivity index (χ1v) is 11.2. The molecule has 0 saturated carbocycles. The fourth-order valence-electron chi connectivity index (χ4n) is 3.83. The van der Waals surface area contributed by atoms with Crippen LogP contribution in [0.1, 0.15) is 79.1 Å². The molecule has 1 aliphatic heterocycles. The second kappa shape index (κ2) is 14.4. The van der Waals surface area contributed by atoms with Gasteiger partial charge in [-0.2, -0.15) is 0 Å². The Morgan fingerprint density at radius 1 is 1.04 bits per heavy atom. The van der Waals surface area contributed by atoms with E-state index in [1.165, 1.54) is 35.1 Å². The Bertz CT molecular complexity index is 612. The molecular formula is C27H42N. The normalized spacial score (nSPS) is 22.0. The third-order valence-electron chi connectivity index (χ3n) is 5.46. The first-order valence-electron chi connectivity index (χ1n) is 11.2. The van der Waals surface area contributed by atoms with Crippen LogP contribution in [0, 0.1) is 6.92 Å². The maximum atomic E-state index is 4.50. The number of hydrogen-bond acceptors (Lipinski definition) is 1. The molecule has 2 unspecified atom stereocenters. The van der Waals surface area contributed by atoms with Gasteiger partial charge in [-0.3, -0.25) is 0 Å². The summed E-state index contributed by atoms with van der Waals surface area (Å²) >= 11 is 0. The van der Waals surface area contributed by atoms with E-state index in [1.54, 1.807) is 0 Å². The highest BCUT2D eigenvalue weighted by Gasteiger charge is 2.19. The van der Waals surface area contributed by atoms with Crippen molar-refractivity contribution in [2.24, 2.45) is 0 Å². The second-order valence-electron chi connectivity index (χ2n) is 7.73. The molecule has 1 N–H and O–H groups in total. The monoisotopic (exact) mass is 380 g/mol. The van der Waals surface area contributed by atoms with E-state index in [0.29, 0.717) is 12.1 Å². The van der Waals surface area contributed by atoms with Gasteiger partial charge >= 0.3 is 0 Å². The van der Waals surface area contributed by atoms with Crippen molar-refractivity contribution in [1.29, 1.82) is 0 Å². The molecule has 2 atom stereocenters. The molecule has 1 heteroatoms. The predicted octanol–water partition coefficient (Wildman–Crippen LogP) is 7.81. The molecule has 0 spiro atoms. The zero-order valence-corrected chi connectivity index (χ0v) is 18.8. The number of allylic oxidation sites excluding steroid dienone is 8. The largest absolute Gasteiger partial charge is 0.310 e. The minimum Gasteiger partial charge on any atom is -0.310 e. The van der Waals surface area contributed by atoms with Crippen LogP contribution in [-0.4, -0.2) is 12.1 Å². The molecule has 28 heavy (non-hydrogen) atoms. The highest BCUT2D eigenvalue weighted by atomic mass is 14.9. The molecule has 155 valence electrons. The van der Waals surface area contributed by atoms with Crippen molar-refractivity contribution in [2.45, 2.75) is 91.1 Å². The summed E-state index contributed by atoms with van der Waals surface area (Å²) in [5.41, 5.74) is 5.24. The molecule has 1 heterocycles. The molecule has 0 aromatic heterocycles. The summed E-state index contributed by atoms with van der Waals surface area (Å²) in [5.74, 6) is 0. The summed E-state index contributed by atoms with van der Waals surface area (Å²) in [4.78, 5) is 0. The summed E-state index contributed by atoms with van der Waals surface area (Å²) in [6, 6.07) is 1.07. The van der Waals surface area contributed by atoms with Gasteiger partial charge in [-0.25, -0.2) is 0 Å². The molecule has 0 aromatic rings. The second-order valence-corrected chi connectivity index (χ2v) is 7.73. The van der Waals surface area contributed by atoms with Gasteiger partial charge in [-0.05, 0) is 74.7 Å². The molecule has 0 bridgehead atoms. The summed E-state index contributed by atoms with van der Waals surface area (Å²) < 4.78 is 0. The fourth-order valence-corrected chi connectivity index (χ4v) is 3.83. The van der Waals surface area contributed by atoms with Crippen LogP contribution in [0.15, 0.2) is 71.4 Å². The van der Waals surface area contributed by atoms with E-state index in [9.17, 15) is 0 Å². The van der Waals surface area contributed by atoms with Crippen LogP contribution >= 0.6 is 0 Å². The number of nitrogens with one attached hydrogen (secondary N) is 1. The van der Waals surface area contributed by atoms with Crippen LogP contribution in [0.3, 0.4) is 0 Å². The third-order valence-corrected chi connectivity index (χ3v) is 5.46. The number of rotatable bonds is 11. The van der Waals surface area contributed by atoms with Crippen molar-refractivity contribution in [3.63, 3.8) is 0 Å². The van der Waals surface area contributed by atoms with Gasteiger partial charge in [0.15, 0.2) is 0 Å². The van der Waals surface area contributed by atoms with Crippen molar-refractivity contribution in [3.05, 3.63) is 78.3 Å². The molecule has 1 nitrogen and oxygen atoms in total. The third kappa shape index (κ3) is 8.61. The first kappa shape index (κ1) is 24.4. The summed E-state index contributed by atoms with van der Waals surface area (Å²) in [7, 11) is 0. The van der Waals surface area contributed by atoms with Crippen molar-refractivity contribution >= 4 is 0 Å². The Morgan fingerprint density at radius 3 is 2.32 bits per heavy atom. The maximum absolute atomic E-state index is 4.50. The highest BCUT2D eigenvalue weighted by molar-refractivity contribution is 5.47. The van der Waals surface area contributed by atoms with E-state index in [-0.39, 0.29) is 0 Å². The quantitative estimate of drug-likeness (QED) is 0.285. The van der Waals surface area contributed by atoms with Gasteiger partial charge in [-0.15, -0.1) is 0 Å². The molecule has 0 aromatic carbocycles. The zero-order valence-electron chi connectivity index (χ0n) is 18.8. The van der Waals surface area contributed by atoms with Gasteiger partial charge in [-0.1, -0.05) is 82.7 Å². The van der Waals surface area contributed by atoms with Gasteiger partial charge in [0.1, 0.15) is 0 Å². The van der Waals surface area contributed by atoms with Crippen LogP contribution in [0.2, 0.25) is 0 Å². The van der Waals surface area contributed by atoms with Crippen molar-refractivity contribution in [3.8, 4) is 0 Å². The van der Waals surface area contributed by atoms with Gasteiger partial charge in [0.25, 0.3) is 0 Å². The highest BCUT2D eigenvalue weighted by Crippen LogP contribution is 2.27. The van der Waals surface area contributed by atoms with E-state index in [0.717, 1.165) is 38.5 Å². The van der Waals surface area contributed by atoms with Gasteiger partial charge in [0.2, 0.25) is 0 Å². The molecule has 1 aliphatic rings. The SMILES string of the molecule is [CH2]\C=C/C(=C\C=C(\CC1CC=CCC(CCC)N1)C(=C)/C(=C/C)CCC)CC. The minimum atomic E-state index is 0.472. The van der Waals surface area contributed by atoms with Crippen molar-refractivity contribution in [2.75, 3.05) is 0 Å². The molecule has 1 radical (unpaired) electrons. The van der Waals surface area contributed by atoms with Crippen LogP contribution in [0.5, 0.6) is 0 Å². The van der Waals surface area contributed by atoms with Gasteiger partial charge in [0, 0.05) is 12.1 Å². The lowest BCUT2D eigenvalue weighted by Gasteiger charge is -2.25. The van der Waals surface area contributed by atoms with Crippen molar-refractivity contribution in [1.82, 2.24) is 5.32 Å². The van der Waals surface area contributed by atoms with Crippen LogP contribution in [0.4, 0.5) is 0 Å². The Kier molecular flexibility index (Phi) is 12.6. The predicted molar refractivity (Wildman–Crippen MR) is 127 cm³/mol. The Balaban J connectivity index is 3.11. The van der Waals surface area contributed by atoms with E-state index in [2.05, 4.69) is 83.0 Å². The lowest BCUT2D eigenvalue weighted by Crippen LogP contribution is -2.37. The van der Waals surface area contributed by atoms with E-state index < -0.39 is 0 Å². The fraction of sp³-hybridized carbons (Fsp3) is 0.519. The topological polar surface area (TPSA) is 12.0 Å². The van der Waals surface area contributed by atoms with E-state index in [4.69, 9.17) is 0 Å².